The minimum Gasteiger partial charge on any atom is -0.508 e. The van der Waals surface area contributed by atoms with Gasteiger partial charge in [-0.1, -0.05) is 11.6 Å². The number of aromatic hydroxyl groups is 3. The van der Waals surface area contributed by atoms with E-state index in [0.29, 0.717) is 5.56 Å². The second-order valence-electron chi connectivity index (χ2n) is 6.50. The summed E-state index contributed by atoms with van der Waals surface area (Å²) in [6, 6.07) is 3.61. The molecule has 0 spiro atoms. The summed E-state index contributed by atoms with van der Waals surface area (Å²) in [5.41, 5.74) is 5.49. The highest BCUT2D eigenvalue weighted by Crippen LogP contribution is 2.53. The Balaban J connectivity index is 2.11. The van der Waals surface area contributed by atoms with E-state index in [4.69, 9.17) is 11.6 Å². The summed E-state index contributed by atoms with van der Waals surface area (Å²) in [5.74, 6) is -0.282. The minimum absolute atomic E-state index is 0.153. The van der Waals surface area contributed by atoms with Gasteiger partial charge in [-0.2, -0.15) is 0 Å². The lowest BCUT2D eigenvalue weighted by Crippen LogP contribution is -2.36. The normalized spacial score (nSPS) is 19.3. The predicted octanol–water partition coefficient (Wildman–Crippen LogP) is 3.52. The highest BCUT2D eigenvalue weighted by molar-refractivity contribution is 6.32. The zero-order valence-corrected chi connectivity index (χ0v) is 13.8. The quantitative estimate of drug-likeness (QED) is 0.646. The summed E-state index contributed by atoms with van der Waals surface area (Å²) >= 11 is 6.03. The lowest BCUT2D eigenvalue weighted by Gasteiger charge is -2.40. The number of benzene rings is 2. The zero-order valence-electron chi connectivity index (χ0n) is 13.0. The number of rotatable bonds is 0. The van der Waals surface area contributed by atoms with Gasteiger partial charge in [-0.05, 0) is 66.8 Å². The van der Waals surface area contributed by atoms with E-state index in [1.807, 2.05) is 6.92 Å². The van der Waals surface area contributed by atoms with Crippen LogP contribution in [0.3, 0.4) is 0 Å². The molecule has 0 saturated carbocycles. The van der Waals surface area contributed by atoms with Crippen LogP contribution in [0.5, 0.6) is 17.2 Å². The second-order valence-corrected chi connectivity index (χ2v) is 6.91. The molecule has 1 aliphatic heterocycles. The zero-order chi connectivity index (χ0) is 16.5. The Labute approximate surface area is 139 Å². The minimum atomic E-state index is -0.304. The summed E-state index contributed by atoms with van der Waals surface area (Å²) in [7, 11) is 2.09. The Bertz CT molecular complexity index is 847. The van der Waals surface area contributed by atoms with Crippen molar-refractivity contribution in [3.8, 4) is 28.4 Å². The van der Waals surface area contributed by atoms with Gasteiger partial charge in [0.2, 0.25) is 0 Å². The molecule has 1 heterocycles. The van der Waals surface area contributed by atoms with Gasteiger partial charge in [-0.15, -0.1) is 0 Å². The molecule has 1 atom stereocenters. The molecule has 23 heavy (non-hydrogen) atoms. The van der Waals surface area contributed by atoms with Crippen LogP contribution < -0.4 is 0 Å². The Kier molecular flexibility index (Phi) is 3.06. The summed E-state index contributed by atoms with van der Waals surface area (Å²) in [5, 5.41) is 30.9. The van der Waals surface area contributed by atoms with Crippen LogP contribution >= 0.6 is 11.6 Å². The Morgan fingerprint density at radius 2 is 1.91 bits per heavy atom. The molecule has 4 rings (SSSR count). The smallest absolute Gasteiger partial charge is 0.177 e. The van der Waals surface area contributed by atoms with Crippen molar-refractivity contribution in [1.82, 2.24) is 4.90 Å². The van der Waals surface area contributed by atoms with Gasteiger partial charge < -0.3 is 15.3 Å². The highest BCUT2D eigenvalue weighted by atomic mass is 35.5. The van der Waals surface area contributed by atoms with Gasteiger partial charge >= 0.3 is 0 Å². The molecule has 5 heteroatoms. The van der Waals surface area contributed by atoms with Crippen molar-refractivity contribution in [2.45, 2.75) is 25.8 Å². The monoisotopic (exact) mass is 331 g/mol. The third-order valence-electron chi connectivity index (χ3n) is 5.31. The van der Waals surface area contributed by atoms with Crippen LogP contribution in [-0.4, -0.2) is 33.8 Å². The average molecular weight is 332 g/mol. The first kappa shape index (κ1) is 14.7. The number of hydrogen-bond acceptors (Lipinski definition) is 4. The largest absolute Gasteiger partial charge is 0.508 e. The highest BCUT2D eigenvalue weighted by Gasteiger charge is 2.36. The number of phenolic OH excluding ortho intramolecular Hbond substituents is 3. The second kappa shape index (κ2) is 4.79. The molecule has 0 fully saturated rings. The van der Waals surface area contributed by atoms with E-state index in [1.54, 1.807) is 12.1 Å². The molecule has 3 N–H and O–H groups in total. The van der Waals surface area contributed by atoms with Crippen LogP contribution in [0, 0.1) is 6.92 Å². The van der Waals surface area contributed by atoms with E-state index in [-0.39, 0.29) is 28.3 Å². The van der Waals surface area contributed by atoms with Gasteiger partial charge in [-0.3, -0.25) is 4.90 Å². The maximum Gasteiger partial charge on any atom is 0.177 e. The number of hydrogen-bond donors (Lipinski definition) is 3. The Hall–Kier alpha value is -1.91. The van der Waals surface area contributed by atoms with E-state index >= 15 is 0 Å². The van der Waals surface area contributed by atoms with Gasteiger partial charge in [0.05, 0.1) is 5.02 Å². The molecular weight excluding hydrogens is 314 g/mol. The molecule has 2 aromatic rings. The first-order valence-corrected chi connectivity index (χ1v) is 8.07. The van der Waals surface area contributed by atoms with E-state index in [1.165, 1.54) is 0 Å². The van der Waals surface area contributed by atoms with Crippen LogP contribution in [0.15, 0.2) is 12.1 Å². The molecule has 0 amide bonds. The fraction of sp³-hybridized carbons (Fsp3) is 0.333. The first-order valence-electron chi connectivity index (χ1n) is 7.69. The van der Waals surface area contributed by atoms with Gasteiger partial charge in [-0.25, -0.2) is 0 Å². The van der Waals surface area contributed by atoms with Crippen LogP contribution in [0.1, 0.15) is 28.3 Å². The van der Waals surface area contributed by atoms with E-state index in [2.05, 4.69) is 11.9 Å². The Morgan fingerprint density at radius 3 is 2.65 bits per heavy atom. The lowest BCUT2D eigenvalue weighted by atomic mass is 9.75. The van der Waals surface area contributed by atoms with Crippen LogP contribution in [0.2, 0.25) is 5.02 Å². The summed E-state index contributed by atoms with van der Waals surface area (Å²) in [4.78, 5) is 2.29. The Morgan fingerprint density at radius 1 is 1.17 bits per heavy atom. The number of halogens is 1. The predicted molar refractivity (Wildman–Crippen MR) is 89.4 cm³/mol. The van der Waals surface area contributed by atoms with E-state index in [0.717, 1.165) is 47.2 Å². The summed E-state index contributed by atoms with van der Waals surface area (Å²) < 4.78 is 0. The molecular formula is C18H18ClNO3. The standard InChI is InChI=1S/C18H18ClNO3/c1-8-10-3-4-20(2)13-6-9-5-12(19)17(22)18(23)15(9)11(16(10)13)7-14(8)21/h5,7,13,21-23H,3-4,6H2,1-2H3. The summed E-state index contributed by atoms with van der Waals surface area (Å²) in [6.07, 6.45) is 1.59. The van der Waals surface area contributed by atoms with Crippen molar-refractivity contribution >= 4 is 11.6 Å². The fourth-order valence-electron chi connectivity index (χ4n) is 4.02. The molecule has 2 aliphatic rings. The fourth-order valence-corrected chi connectivity index (χ4v) is 4.24. The average Bonchev–Trinajstić information content (AvgIpc) is 2.51. The molecule has 0 bridgehead atoms. The topological polar surface area (TPSA) is 63.9 Å². The van der Waals surface area contributed by atoms with Crippen LogP contribution in [0.25, 0.3) is 11.1 Å². The molecule has 0 radical (unpaired) electrons. The third-order valence-corrected chi connectivity index (χ3v) is 5.59. The summed E-state index contributed by atoms with van der Waals surface area (Å²) in [6.45, 7) is 2.86. The van der Waals surface area contributed by atoms with Gasteiger partial charge in [0, 0.05) is 18.2 Å². The number of likely N-dealkylation sites (N-methyl/N-ethyl adjacent to an activating group) is 1. The van der Waals surface area contributed by atoms with E-state index < -0.39 is 0 Å². The molecule has 1 unspecified atom stereocenters. The van der Waals surface area contributed by atoms with Crippen molar-refractivity contribution in [1.29, 1.82) is 0 Å². The van der Waals surface area contributed by atoms with Gasteiger partial charge in [0.25, 0.3) is 0 Å². The number of fused-ring (bicyclic) bond motifs is 2. The molecule has 0 aromatic heterocycles. The molecule has 2 aromatic carbocycles. The lowest BCUT2D eigenvalue weighted by molar-refractivity contribution is 0.227. The molecule has 120 valence electrons. The van der Waals surface area contributed by atoms with Crippen molar-refractivity contribution in [3.05, 3.63) is 39.4 Å². The first-order chi connectivity index (χ1) is 10.9. The van der Waals surface area contributed by atoms with E-state index in [9.17, 15) is 15.3 Å². The SMILES string of the molecule is Cc1c(O)cc2c3c1CCN(C)C3Cc1cc(Cl)c(O)c(O)c1-2. The van der Waals surface area contributed by atoms with Crippen LogP contribution in [0.4, 0.5) is 0 Å². The molecule has 4 nitrogen and oxygen atoms in total. The maximum absolute atomic E-state index is 10.4. The number of phenols is 3. The molecule has 1 aliphatic carbocycles. The van der Waals surface area contributed by atoms with Gasteiger partial charge in [0.15, 0.2) is 11.5 Å². The van der Waals surface area contributed by atoms with Crippen molar-refractivity contribution in [2.24, 2.45) is 0 Å². The third kappa shape index (κ3) is 1.88. The van der Waals surface area contributed by atoms with Crippen molar-refractivity contribution < 1.29 is 15.3 Å². The van der Waals surface area contributed by atoms with Gasteiger partial charge in [0.1, 0.15) is 5.75 Å². The molecule has 0 saturated heterocycles. The maximum atomic E-state index is 10.4. The number of nitrogens with zero attached hydrogens (tertiary/aromatic N) is 1. The van der Waals surface area contributed by atoms with Crippen molar-refractivity contribution in [3.63, 3.8) is 0 Å². The van der Waals surface area contributed by atoms with Crippen LogP contribution in [-0.2, 0) is 12.8 Å². The van der Waals surface area contributed by atoms with Crippen molar-refractivity contribution in [2.75, 3.05) is 13.6 Å².